The van der Waals surface area contributed by atoms with Crippen LogP contribution in [0, 0.1) is 6.92 Å². The molecule has 4 aromatic rings. The van der Waals surface area contributed by atoms with Crippen LogP contribution >= 0.6 is 27.3 Å². The molecule has 9 heteroatoms. The Balaban J connectivity index is 1.72. The molecule has 0 aliphatic carbocycles. The van der Waals surface area contributed by atoms with Crippen molar-refractivity contribution >= 4 is 60.1 Å². The van der Waals surface area contributed by atoms with Crippen LogP contribution in [0.4, 0.5) is 5.13 Å². The Morgan fingerprint density at radius 1 is 1.06 bits per heavy atom. The van der Waals surface area contributed by atoms with Gasteiger partial charge in [0.05, 0.1) is 36.1 Å². The smallest absolute Gasteiger partial charge is 0.301 e. The average Bonchev–Trinajstić information content (AvgIpc) is 3.41. The number of benzene rings is 3. The highest BCUT2D eigenvalue weighted by Crippen LogP contribution is 2.45. The number of amides is 1. The molecule has 7 nitrogen and oxygen atoms in total. The number of carbonyl (C=O) groups is 2. The Labute approximate surface area is 219 Å². The minimum Gasteiger partial charge on any atom is -0.507 e. The fourth-order valence-electron chi connectivity index (χ4n) is 4.33. The van der Waals surface area contributed by atoms with Gasteiger partial charge in [-0.15, -0.1) is 0 Å². The number of aromatic nitrogens is 1. The molecule has 1 aromatic heterocycles. The minimum absolute atomic E-state index is 0.000460. The summed E-state index contributed by atoms with van der Waals surface area (Å²) < 4.78 is 12.2. The second-order valence-corrected chi connectivity index (χ2v) is 10.2. The zero-order chi connectivity index (χ0) is 25.6. The first-order valence-electron chi connectivity index (χ1n) is 11.0. The van der Waals surface area contributed by atoms with Crippen molar-refractivity contribution in [2.45, 2.75) is 13.0 Å². The molecule has 2 heterocycles. The number of thiazole rings is 1. The lowest BCUT2D eigenvalue weighted by Gasteiger charge is -2.23. The van der Waals surface area contributed by atoms with Crippen LogP contribution in [0.2, 0.25) is 0 Å². The molecule has 1 aliphatic rings. The number of ketones is 1. The van der Waals surface area contributed by atoms with Gasteiger partial charge in [-0.25, -0.2) is 4.98 Å². The predicted octanol–water partition coefficient (Wildman–Crippen LogP) is 6.01. The number of carbonyl (C=O) groups excluding carboxylic acids is 2. The topological polar surface area (TPSA) is 89.0 Å². The summed E-state index contributed by atoms with van der Waals surface area (Å²) in [6.07, 6.45) is 0. The summed E-state index contributed by atoms with van der Waals surface area (Å²) in [6.45, 7) is 1.84. The van der Waals surface area contributed by atoms with Gasteiger partial charge in [-0.2, -0.15) is 0 Å². The van der Waals surface area contributed by atoms with E-state index in [1.807, 2.05) is 37.3 Å². The van der Waals surface area contributed by atoms with E-state index in [0.717, 1.165) is 14.7 Å². The number of methoxy groups -OCH3 is 2. The number of ether oxygens (including phenoxy) is 2. The standard InChI is InChI=1S/C27H21BrN2O5S/c1-14-11-16(7-10-20(14)35-3)24(31)22-23(15-5-4-6-17(28)12-15)30(26(33)25(22)32)27-29-19-9-8-18(34-2)13-21(19)36-27/h4-13,23,31H,1-3H3/b24-22+. The molecule has 1 saturated heterocycles. The maximum atomic E-state index is 13.4. The maximum Gasteiger partial charge on any atom is 0.301 e. The number of rotatable bonds is 5. The molecule has 1 amide bonds. The quantitative estimate of drug-likeness (QED) is 0.181. The number of fused-ring (bicyclic) bond motifs is 1. The number of nitrogens with zero attached hydrogens (tertiary/aromatic N) is 2. The van der Waals surface area contributed by atoms with Crippen LogP contribution < -0.4 is 14.4 Å². The van der Waals surface area contributed by atoms with Crippen molar-refractivity contribution in [2.24, 2.45) is 0 Å². The van der Waals surface area contributed by atoms with Gasteiger partial charge in [-0.05, 0) is 66.6 Å². The van der Waals surface area contributed by atoms with E-state index in [2.05, 4.69) is 20.9 Å². The van der Waals surface area contributed by atoms with Gasteiger partial charge in [0.2, 0.25) is 0 Å². The molecule has 0 radical (unpaired) electrons. The molecule has 36 heavy (non-hydrogen) atoms. The molecular formula is C27H21BrN2O5S. The van der Waals surface area contributed by atoms with Crippen LogP contribution in [0.1, 0.15) is 22.7 Å². The lowest BCUT2D eigenvalue weighted by atomic mass is 9.95. The van der Waals surface area contributed by atoms with E-state index >= 15 is 0 Å². The van der Waals surface area contributed by atoms with E-state index < -0.39 is 17.7 Å². The van der Waals surface area contributed by atoms with Gasteiger partial charge in [-0.1, -0.05) is 39.4 Å². The van der Waals surface area contributed by atoms with Crippen LogP contribution in [0.15, 0.2) is 70.7 Å². The number of hydrogen-bond acceptors (Lipinski definition) is 7. The SMILES string of the molecule is COc1ccc2nc(N3C(=O)C(=O)/C(=C(/O)c4ccc(OC)c(C)c4)C3c3cccc(Br)c3)sc2c1. The fraction of sp³-hybridized carbons (Fsp3) is 0.148. The van der Waals surface area contributed by atoms with Crippen molar-refractivity contribution in [3.8, 4) is 11.5 Å². The number of halogens is 1. The molecule has 1 fully saturated rings. The first-order valence-corrected chi connectivity index (χ1v) is 12.6. The summed E-state index contributed by atoms with van der Waals surface area (Å²) in [5.41, 5.74) is 2.54. The summed E-state index contributed by atoms with van der Waals surface area (Å²) in [5.74, 6) is -0.464. The monoisotopic (exact) mass is 564 g/mol. The Morgan fingerprint density at radius 3 is 2.56 bits per heavy atom. The van der Waals surface area contributed by atoms with Gasteiger partial charge in [0.1, 0.15) is 17.3 Å². The van der Waals surface area contributed by atoms with Crippen molar-refractivity contribution in [3.05, 3.63) is 87.4 Å². The third-order valence-electron chi connectivity index (χ3n) is 6.07. The molecular weight excluding hydrogens is 544 g/mol. The summed E-state index contributed by atoms with van der Waals surface area (Å²) >= 11 is 4.76. The predicted molar refractivity (Wildman–Crippen MR) is 143 cm³/mol. The highest BCUT2D eigenvalue weighted by Gasteiger charge is 2.48. The lowest BCUT2D eigenvalue weighted by Crippen LogP contribution is -2.29. The second-order valence-electron chi connectivity index (χ2n) is 8.24. The number of aliphatic hydroxyl groups is 1. The summed E-state index contributed by atoms with van der Waals surface area (Å²) in [4.78, 5) is 32.8. The molecule has 0 bridgehead atoms. The van der Waals surface area contributed by atoms with Crippen molar-refractivity contribution < 1.29 is 24.2 Å². The highest BCUT2D eigenvalue weighted by atomic mass is 79.9. The molecule has 182 valence electrons. The van der Waals surface area contributed by atoms with Crippen molar-refractivity contribution in [1.29, 1.82) is 0 Å². The number of Topliss-reactive ketones (excluding diaryl/α,β-unsaturated/α-hetero) is 1. The lowest BCUT2D eigenvalue weighted by molar-refractivity contribution is -0.132. The van der Waals surface area contributed by atoms with E-state index in [0.29, 0.717) is 33.3 Å². The van der Waals surface area contributed by atoms with Gasteiger partial charge < -0.3 is 14.6 Å². The normalized spacial score (nSPS) is 17.1. The number of aliphatic hydroxyl groups excluding tert-OH is 1. The summed E-state index contributed by atoms with van der Waals surface area (Å²) in [5, 5.41) is 11.7. The first-order chi connectivity index (χ1) is 17.3. The summed E-state index contributed by atoms with van der Waals surface area (Å²) in [7, 11) is 3.14. The maximum absolute atomic E-state index is 13.4. The largest absolute Gasteiger partial charge is 0.507 e. The minimum atomic E-state index is -0.868. The van der Waals surface area contributed by atoms with Crippen molar-refractivity contribution in [2.75, 3.05) is 19.1 Å². The fourth-order valence-corrected chi connectivity index (χ4v) is 5.76. The average molecular weight is 565 g/mol. The number of hydrogen-bond donors (Lipinski definition) is 1. The van der Waals surface area contributed by atoms with Gasteiger partial charge in [-0.3, -0.25) is 14.5 Å². The number of anilines is 1. The van der Waals surface area contributed by atoms with E-state index in [9.17, 15) is 14.7 Å². The molecule has 1 aliphatic heterocycles. The van der Waals surface area contributed by atoms with Crippen LogP contribution in [0.25, 0.3) is 16.0 Å². The second kappa shape index (κ2) is 9.40. The molecule has 0 spiro atoms. The highest BCUT2D eigenvalue weighted by molar-refractivity contribution is 9.10. The Kier molecular flexibility index (Phi) is 6.27. The Bertz CT molecular complexity index is 1560. The van der Waals surface area contributed by atoms with Crippen LogP contribution in [0.3, 0.4) is 0 Å². The zero-order valence-electron chi connectivity index (χ0n) is 19.6. The summed E-state index contributed by atoms with van der Waals surface area (Å²) in [6, 6.07) is 17.0. The van der Waals surface area contributed by atoms with Crippen LogP contribution in [0.5, 0.6) is 11.5 Å². The van der Waals surface area contributed by atoms with E-state index in [1.165, 1.54) is 16.2 Å². The van der Waals surface area contributed by atoms with E-state index in [1.54, 1.807) is 44.6 Å². The van der Waals surface area contributed by atoms with Crippen LogP contribution in [-0.2, 0) is 9.59 Å². The molecule has 1 atom stereocenters. The molecule has 0 saturated carbocycles. The van der Waals surface area contributed by atoms with Gasteiger partial charge >= 0.3 is 5.91 Å². The molecule has 1 N–H and O–H groups in total. The molecule has 5 rings (SSSR count). The molecule has 1 unspecified atom stereocenters. The third-order valence-corrected chi connectivity index (χ3v) is 7.58. The van der Waals surface area contributed by atoms with Crippen molar-refractivity contribution in [3.63, 3.8) is 0 Å². The van der Waals surface area contributed by atoms with Crippen molar-refractivity contribution in [1.82, 2.24) is 4.98 Å². The van der Waals surface area contributed by atoms with Gasteiger partial charge in [0.15, 0.2) is 5.13 Å². The van der Waals surface area contributed by atoms with E-state index in [-0.39, 0.29) is 11.3 Å². The third kappa shape index (κ3) is 4.04. The Hall–Kier alpha value is -3.69. The number of aryl methyl sites for hydroxylation is 1. The van der Waals surface area contributed by atoms with Crippen LogP contribution in [-0.4, -0.2) is 36.0 Å². The Morgan fingerprint density at radius 2 is 1.86 bits per heavy atom. The molecule has 3 aromatic carbocycles. The van der Waals surface area contributed by atoms with Gasteiger partial charge in [0, 0.05) is 10.0 Å². The van der Waals surface area contributed by atoms with E-state index in [4.69, 9.17) is 9.47 Å². The first kappa shape index (κ1) is 24.0. The van der Waals surface area contributed by atoms with Gasteiger partial charge in [0.25, 0.3) is 5.78 Å². The zero-order valence-corrected chi connectivity index (χ0v) is 22.0.